The van der Waals surface area contributed by atoms with Crippen LogP contribution < -0.4 is 14.8 Å². The van der Waals surface area contributed by atoms with Gasteiger partial charge in [0.1, 0.15) is 12.2 Å². The Hall–Kier alpha value is -4.24. The normalized spacial score (nSPS) is 20.3. The van der Waals surface area contributed by atoms with Crippen LogP contribution in [-0.4, -0.2) is 56.8 Å². The molecule has 49 heavy (non-hydrogen) atoms. The molecule has 0 unspecified atom stereocenters. The average Bonchev–Trinajstić information content (AvgIpc) is 3.15. The number of nitrogens with one attached hydrogen (secondary N) is 1. The second-order valence-corrected chi connectivity index (χ2v) is 12.9. The number of benzene rings is 3. The number of hydrogen-bond acceptors (Lipinski definition) is 8. The van der Waals surface area contributed by atoms with Crippen LogP contribution in [0.4, 0.5) is 5.69 Å². The molecule has 0 aliphatic carbocycles. The van der Waals surface area contributed by atoms with E-state index in [0.29, 0.717) is 44.3 Å². The summed E-state index contributed by atoms with van der Waals surface area (Å²) in [7, 11) is 3.08. The Morgan fingerprint density at radius 3 is 2.33 bits per heavy atom. The minimum absolute atomic E-state index is 0.137. The SMILES string of the molecule is C=C/C(Cl)=C(C[C@H](OC(=O)c1cccc(N[C@@H](C(=O)O[C@H]2CN3CCC2CC3)c2ccccc2)c1)c1ccc(OC)c(OC)c1)\C(Cl)=C/C. The highest BCUT2D eigenvalue weighted by atomic mass is 35.5. The number of piperidine rings is 3. The molecule has 3 saturated heterocycles. The first-order chi connectivity index (χ1) is 23.7. The van der Waals surface area contributed by atoms with E-state index >= 15 is 0 Å². The smallest absolute Gasteiger partial charge is 0.338 e. The van der Waals surface area contributed by atoms with Gasteiger partial charge in [-0.1, -0.05) is 84.4 Å². The van der Waals surface area contributed by atoms with E-state index in [9.17, 15) is 9.59 Å². The van der Waals surface area contributed by atoms with Crippen LogP contribution in [0.3, 0.4) is 0 Å². The van der Waals surface area contributed by atoms with Gasteiger partial charge < -0.3 is 24.3 Å². The van der Waals surface area contributed by atoms with E-state index in [1.165, 1.54) is 13.2 Å². The van der Waals surface area contributed by atoms with Crippen molar-refractivity contribution in [2.75, 3.05) is 39.2 Å². The summed E-state index contributed by atoms with van der Waals surface area (Å²) in [6.07, 6.45) is 4.50. The minimum Gasteiger partial charge on any atom is -0.493 e. The summed E-state index contributed by atoms with van der Waals surface area (Å²) in [5.41, 5.74) is 2.81. The number of halogens is 2. The van der Waals surface area contributed by atoms with Crippen LogP contribution in [0.1, 0.15) is 59.8 Å². The van der Waals surface area contributed by atoms with Gasteiger partial charge in [-0.2, -0.15) is 0 Å². The molecule has 6 rings (SSSR count). The molecule has 3 atom stereocenters. The first kappa shape index (κ1) is 36.1. The van der Waals surface area contributed by atoms with Gasteiger partial charge in [-0.25, -0.2) is 9.59 Å². The van der Waals surface area contributed by atoms with E-state index in [-0.39, 0.29) is 24.1 Å². The van der Waals surface area contributed by atoms with Crippen LogP contribution in [0.2, 0.25) is 0 Å². The quantitative estimate of drug-likeness (QED) is 0.132. The third-order valence-electron chi connectivity index (χ3n) is 9.07. The second kappa shape index (κ2) is 16.9. The summed E-state index contributed by atoms with van der Waals surface area (Å²) in [4.78, 5) is 29.9. The summed E-state index contributed by atoms with van der Waals surface area (Å²) in [6, 6.07) is 20.8. The minimum atomic E-state index is -0.810. The van der Waals surface area contributed by atoms with Gasteiger partial charge in [-0.3, -0.25) is 4.90 Å². The molecule has 1 N–H and O–H groups in total. The topological polar surface area (TPSA) is 86.3 Å². The molecule has 3 aromatic carbocycles. The molecule has 0 amide bonds. The van der Waals surface area contributed by atoms with Gasteiger partial charge in [-0.05, 0) is 85.8 Å². The van der Waals surface area contributed by atoms with Crippen molar-refractivity contribution in [2.45, 2.75) is 44.4 Å². The number of carbonyl (C=O) groups excluding carboxylic acids is 2. The standard InChI is InChI=1S/C39H42Cl2N2O6/c1-5-31(40)30(32(41)6-2)23-34(27-15-16-33(46-3)35(22-27)47-4)48-38(44)28-13-10-14-29(21-28)42-37(26-11-8-7-9-12-26)39(45)49-36-24-43-19-17-25(36)18-20-43/h5-16,21-22,25,34,36-37,42H,1,17-20,23-24H2,2-4H3/b31-30+,32-6+/t34-,36-,37+/m0/s1. The van der Waals surface area contributed by atoms with Crippen LogP contribution in [0.5, 0.6) is 11.5 Å². The van der Waals surface area contributed by atoms with E-state index in [1.807, 2.05) is 30.3 Å². The average molecular weight is 706 g/mol. The Labute approximate surface area is 298 Å². The molecule has 8 nitrogen and oxygen atoms in total. The molecule has 0 aromatic heterocycles. The van der Waals surface area contributed by atoms with E-state index in [4.69, 9.17) is 42.1 Å². The molecule has 10 heteroatoms. The Morgan fingerprint density at radius 2 is 1.69 bits per heavy atom. The molecule has 2 bridgehead atoms. The molecular formula is C39H42Cl2N2O6. The van der Waals surface area contributed by atoms with Crippen molar-refractivity contribution in [1.82, 2.24) is 4.90 Å². The first-order valence-electron chi connectivity index (χ1n) is 16.3. The van der Waals surface area contributed by atoms with E-state index in [0.717, 1.165) is 38.0 Å². The maximum absolute atomic E-state index is 13.8. The number of ether oxygens (including phenoxy) is 4. The predicted molar refractivity (Wildman–Crippen MR) is 193 cm³/mol. The third kappa shape index (κ3) is 8.87. The van der Waals surface area contributed by atoms with Crippen LogP contribution in [0.15, 0.2) is 107 Å². The van der Waals surface area contributed by atoms with E-state index < -0.39 is 18.1 Å². The van der Waals surface area contributed by atoms with Crippen LogP contribution in [-0.2, 0) is 14.3 Å². The molecule has 3 heterocycles. The molecule has 0 radical (unpaired) electrons. The highest BCUT2D eigenvalue weighted by molar-refractivity contribution is 6.36. The van der Waals surface area contributed by atoms with Gasteiger partial charge in [-0.15, -0.1) is 0 Å². The van der Waals surface area contributed by atoms with Gasteiger partial charge in [0, 0.05) is 28.7 Å². The highest BCUT2D eigenvalue weighted by Gasteiger charge is 2.38. The Balaban J connectivity index is 1.40. The fraction of sp³-hybridized carbons (Fsp3) is 0.333. The molecule has 3 fully saturated rings. The monoisotopic (exact) mass is 704 g/mol. The third-order valence-corrected chi connectivity index (χ3v) is 9.90. The molecule has 3 aromatic rings. The molecular weight excluding hydrogens is 663 g/mol. The number of rotatable bonds is 14. The van der Waals surface area contributed by atoms with Crippen molar-refractivity contribution in [3.05, 3.63) is 124 Å². The lowest BCUT2D eigenvalue weighted by molar-refractivity contribution is -0.159. The van der Waals surface area contributed by atoms with Crippen molar-refractivity contribution in [3.63, 3.8) is 0 Å². The zero-order chi connectivity index (χ0) is 34.9. The summed E-state index contributed by atoms with van der Waals surface area (Å²) in [5.74, 6) is 0.440. The fourth-order valence-corrected chi connectivity index (χ4v) is 6.76. The molecule has 3 aliphatic rings. The van der Waals surface area contributed by atoms with Crippen LogP contribution in [0.25, 0.3) is 0 Å². The molecule has 258 valence electrons. The predicted octanol–water partition coefficient (Wildman–Crippen LogP) is 8.60. The van der Waals surface area contributed by atoms with Gasteiger partial charge >= 0.3 is 11.9 Å². The lowest BCUT2D eigenvalue weighted by Crippen LogP contribution is -2.52. The Bertz CT molecular complexity index is 1700. The summed E-state index contributed by atoms with van der Waals surface area (Å²) >= 11 is 13.1. The van der Waals surface area contributed by atoms with E-state index in [2.05, 4.69) is 16.8 Å². The molecule has 3 aliphatic heterocycles. The van der Waals surface area contributed by atoms with Gasteiger partial charge in [0.25, 0.3) is 0 Å². The Morgan fingerprint density at radius 1 is 0.959 bits per heavy atom. The van der Waals surface area contributed by atoms with Gasteiger partial charge in [0.15, 0.2) is 17.5 Å². The number of anilines is 1. The number of carbonyl (C=O) groups is 2. The molecule has 0 saturated carbocycles. The lowest BCUT2D eigenvalue weighted by atomic mass is 9.86. The number of esters is 2. The number of allylic oxidation sites excluding steroid dienone is 4. The number of hydrogen-bond donors (Lipinski definition) is 1. The zero-order valence-corrected chi connectivity index (χ0v) is 29.5. The van der Waals surface area contributed by atoms with Crippen molar-refractivity contribution < 1.29 is 28.5 Å². The van der Waals surface area contributed by atoms with Gasteiger partial charge in [0.2, 0.25) is 0 Å². The number of fused-ring (bicyclic) bond motifs is 3. The molecule has 0 spiro atoms. The van der Waals surface area contributed by atoms with Crippen molar-refractivity contribution in [1.29, 1.82) is 0 Å². The van der Waals surface area contributed by atoms with Crippen LogP contribution >= 0.6 is 23.2 Å². The lowest BCUT2D eigenvalue weighted by Gasteiger charge is -2.44. The Kier molecular flexibility index (Phi) is 12.5. The summed E-state index contributed by atoms with van der Waals surface area (Å²) in [5, 5.41) is 4.08. The maximum Gasteiger partial charge on any atom is 0.338 e. The fourth-order valence-electron chi connectivity index (χ4n) is 6.36. The zero-order valence-electron chi connectivity index (χ0n) is 28.0. The van der Waals surface area contributed by atoms with E-state index in [1.54, 1.807) is 62.6 Å². The second-order valence-electron chi connectivity index (χ2n) is 12.1. The summed E-state index contributed by atoms with van der Waals surface area (Å²) < 4.78 is 23.2. The maximum atomic E-state index is 13.8. The van der Waals surface area contributed by atoms with Gasteiger partial charge in [0.05, 0.1) is 19.8 Å². The largest absolute Gasteiger partial charge is 0.493 e. The number of nitrogens with zero attached hydrogens (tertiary/aromatic N) is 1. The number of methoxy groups -OCH3 is 2. The van der Waals surface area contributed by atoms with Crippen molar-refractivity contribution in [2.24, 2.45) is 5.92 Å². The first-order valence-corrected chi connectivity index (χ1v) is 17.1. The van der Waals surface area contributed by atoms with Crippen LogP contribution in [0, 0.1) is 5.92 Å². The van der Waals surface area contributed by atoms with Crippen molar-refractivity contribution in [3.8, 4) is 11.5 Å². The highest BCUT2D eigenvalue weighted by Crippen LogP contribution is 2.38. The summed E-state index contributed by atoms with van der Waals surface area (Å²) in [6.45, 7) is 8.44. The van der Waals surface area contributed by atoms with Crippen molar-refractivity contribution >= 4 is 40.8 Å².